The summed E-state index contributed by atoms with van der Waals surface area (Å²) in [6.45, 7) is 4.80. The number of esters is 1. The Morgan fingerprint density at radius 3 is 2.62 bits per heavy atom. The van der Waals surface area contributed by atoms with Gasteiger partial charge in [-0.15, -0.1) is 0 Å². The van der Waals surface area contributed by atoms with E-state index in [1.165, 1.54) is 9.80 Å². The molecular weight excluding hydrogens is 276 g/mol. The summed E-state index contributed by atoms with van der Waals surface area (Å²) >= 11 is 0. The summed E-state index contributed by atoms with van der Waals surface area (Å²) in [6, 6.07) is 0. The molecule has 0 aromatic heterocycles. The molecule has 120 valence electrons. The maximum atomic E-state index is 12.2. The molecular formula is C14H24N2O5. The number of aliphatic hydroxyl groups is 1. The first-order chi connectivity index (χ1) is 10.0. The number of hydrogen-bond donors (Lipinski definition) is 1. The van der Waals surface area contributed by atoms with Crippen LogP contribution >= 0.6 is 0 Å². The van der Waals surface area contributed by atoms with Gasteiger partial charge in [0.15, 0.2) is 0 Å². The fourth-order valence-corrected chi connectivity index (χ4v) is 2.41. The third kappa shape index (κ3) is 4.70. The second-order valence-corrected chi connectivity index (χ2v) is 4.95. The number of aliphatic hydroxyl groups excluding tert-OH is 1. The Balaban J connectivity index is 2.64. The van der Waals surface area contributed by atoms with Crippen LogP contribution in [0.5, 0.6) is 0 Å². The predicted octanol–water partition coefficient (Wildman–Crippen LogP) is -0.371. The normalized spacial score (nSPS) is 18.2. The third-order valence-corrected chi connectivity index (χ3v) is 3.55. The molecule has 0 aromatic rings. The molecule has 0 aromatic carbocycles. The number of nitrogens with zero attached hydrogens (tertiary/aromatic N) is 2. The van der Waals surface area contributed by atoms with Crippen LogP contribution in [0.2, 0.25) is 0 Å². The van der Waals surface area contributed by atoms with Crippen LogP contribution in [-0.2, 0) is 19.1 Å². The smallest absolute Gasteiger partial charge is 0.312 e. The lowest BCUT2D eigenvalue weighted by Crippen LogP contribution is -2.50. The van der Waals surface area contributed by atoms with Gasteiger partial charge in [-0.1, -0.05) is 0 Å². The van der Waals surface area contributed by atoms with Crippen LogP contribution in [0, 0.1) is 5.92 Å². The van der Waals surface area contributed by atoms with Gasteiger partial charge < -0.3 is 19.6 Å². The molecule has 1 unspecified atom stereocenters. The van der Waals surface area contributed by atoms with Crippen LogP contribution in [0.3, 0.4) is 0 Å². The van der Waals surface area contributed by atoms with Crippen molar-refractivity contribution in [1.29, 1.82) is 0 Å². The van der Waals surface area contributed by atoms with Crippen molar-refractivity contribution in [3.8, 4) is 0 Å². The molecule has 1 saturated heterocycles. The molecule has 21 heavy (non-hydrogen) atoms. The second-order valence-electron chi connectivity index (χ2n) is 4.95. The molecule has 7 nitrogen and oxygen atoms in total. The molecule has 0 saturated carbocycles. The first-order valence-electron chi connectivity index (χ1n) is 7.40. The minimum atomic E-state index is -0.629. The number of carbonyl (C=O) groups is 3. The van der Waals surface area contributed by atoms with Gasteiger partial charge in [-0.25, -0.2) is 0 Å². The molecule has 1 atom stereocenters. The van der Waals surface area contributed by atoms with Crippen molar-refractivity contribution >= 4 is 17.8 Å². The number of carbonyl (C=O) groups excluding carboxylic acids is 3. The topological polar surface area (TPSA) is 87.2 Å². The van der Waals surface area contributed by atoms with Gasteiger partial charge in [-0.05, 0) is 26.7 Å². The van der Waals surface area contributed by atoms with Crippen molar-refractivity contribution in [2.45, 2.75) is 26.7 Å². The number of amides is 2. The van der Waals surface area contributed by atoms with Gasteiger partial charge in [-0.3, -0.25) is 14.4 Å². The molecule has 1 heterocycles. The van der Waals surface area contributed by atoms with E-state index in [4.69, 9.17) is 9.84 Å². The second kappa shape index (κ2) is 8.61. The quantitative estimate of drug-likeness (QED) is 0.553. The maximum Gasteiger partial charge on any atom is 0.312 e. The molecule has 0 spiro atoms. The number of likely N-dealkylation sites (N-methyl/N-ethyl adjacent to an activating group) is 1. The first kappa shape index (κ1) is 17.4. The predicted molar refractivity (Wildman–Crippen MR) is 75.3 cm³/mol. The summed E-state index contributed by atoms with van der Waals surface area (Å²) in [4.78, 5) is 38.7. The highest BCUT2D eigenvalue weighted by atomic mass is 16.5. The van der Waals surface area contributed by atoms with E-state index in [0.717, 1.165) is 0 Å². The van der Waals surface area contributed by atoms with E-state index in [-0.39, 0.29) is 31.6 Å². The van der Waals surface area contributed by atoms with Gasteiger partial charge in [0.25, 0.3) is 0 Å². The largest absolute Gasteiger partial charge is 0.466 e. The lowest BCUT2D eigenvalue weighted by atomic mass is 9.98. The summed E-state index contributed by atoms with van der Waals surface area (Å²) in [5.74, 6) is -1.91. The molecule has 1 rings (SSSR count). The van der Waals surface area contributed by atoms with E-state index >= 15 is 0 Å². The van der Waals surface area contributed by atoms with Crippen LogP contribution in [0.15, 0.2) is 0 Å². The Morgan fingerprint density at radius 1 is 1.33 bits per heavy atom. The average molecular weight is 300 g/mol. The molecule has 1 N–H and O–H groups in total. The summed E-state index contributed by atoms with van der Waals surface area (Å²) in [5.41, 5.74) is 0. The number of hydrogen-bond acceptors (Lipinski definition) is 5. The number of ether oxygens (including phenoxy) is 1. The molecule has 2 amide bonds. The van der Waals surface area contributed by atoms with Crippen LogP contribution in [0.4, 0.5) is 0 Å². The van der Waals surface area contributed by atoms with Crippen molar-refractivity contribution in [2.75, 3.05) is 39.4 Å². The zero-order valence-electron chi connectivity index (χ0n) is 12.7. The van der Waals surface area contributed by atoms with Gasteiger partial charge >= 0.3 is 17.8 Å². The van der Waals surface area contributed by atoms with Crippen molar-refractivity contribution in [2.24, 2.45) is 5.92 Å². The first-order valence-corrected chi connectivity index (χ1v) is 7.40. The van der Waals surface area contributed by atoms with Gasteiger partial charge in [-0.2, -0.15) is 0 Å². The Kier molecular flexibility index (Phi) is 7.14. The highest BCUT2D eigenvalue weighted by Gasteiger charge is 2.33. The molecule has 0 bridgehead atoms. The number of piperidine rings is 1. The lowest BCUT2D eigenvalue weighted by molar-refractivity contribution is -0.156. The Bertz CT molecular complexity index is 386. The Morgan fingerprint density at radius 2 is 2.05 bits per heavy atom. The van der Waals surface area contributed by atoms with Crippen LogP contribution in [-0.4, -0.2) is 72.1 Å². The lowest BCUT2D eigenvalue weighted by Gasteiger charge is -2.32. The number of likely N-dealkylation sites (tertiary alicyclic amines) is 1. The summed E-state index contributed by atoms with van der Waals surface area (Å²) in [5, 5.41) is 8.90. The van der Waals surface area contributed by atoms with E-state index in [0.29, 0.717) is 32.5 Å². The van der Waals surface area contributed by atoms with Crippen LogP contribution < -0.4 is 0 Å². The molecule has 1 aliphatic heterocycles. The van der Waals surface area contributed by atoms with E-state index in [1.54, 1.807) is 13.8 Å². The van der Waals surface area contributed by atoms with Gasteiger partial charge in [0.1, 0.15) is 0 Å². The van der Waals surface area contributed by atoms with Crippen LogP contribution in [0.1, 0.15) is 26.7 Å². The highest BCUT2D eigenvalue weighted by Crippen LogP contribution is 2.18. The van der Waals surface area contributed by atoms with Crippen molar-refractivity contribution in [3.63, 3.8) is 0 Å². The Labute approximate surface area is 124 Å². The monoisotopic (exact) mass is 300 g/mol. The standard InChI is InChI=1S/C14H24N2O5/c1-3-15(8-9-17)12(18)13(19)16-7-5-6-11(10-16)14(20)21-4-2/h11,17H,3-10H2,1-2H3. The third-order valence-electron chi connectivity index (χ3n) is 3.55. The van der Waals surface area contributed by atoms with E-state index < -0.39 is 11.8 Å². The zero-order chi connectivity index (χ0) is 15.8. The average Bonchev–Trinajstić information content (AvgIpc) is 2.51. The van der Waals surface area contributed by atoms with Crippen molar-refractivity contribution in [3.05, 3.63) is 0 Å². The van der Waals surface area contributed by atoms with E-state index in [1.807, 2.05) is 0 Å². The van der Waals surface area contributed by atoms with Gasteiger partial charge in [0.05, 0.1) is 19.1 Å². The number of rotatable bonds is 5. The van der Waals surface area contributed by atoms with Crippen molar-refractivity contribution in [1.82, 2.24) is 9.80 Å². The summed E-state index contributed by atoms with van der Waals surface area (Å²) in [6.07, 6.45) is 1.35. The van der Waals surface area contributed by atoms with Gasteiger partial charge in [0, 0.05) is 26.2 Å². The maximum absolute atomic E-state index is 12.2. The molecule has 1 aliphatic rings. The molecule has 1 fully saturated rings. The van der Waals surface area contributed by atoms with Crippen molar-refractivity contribution < 1.29 is 24.2 Å². The SMILES string of the molecule is CCOC(=O)C1CCCN(C(=O)C(=O)N(CC)CCO)C1. The Hall–Kier alpha value is -1.63. The van der Waals surface area contributed by atoms with E-state index in [2.05, 4.69) is 0 Å². The minimum absolute atomic E-state index is 0.135. The molecule has 0 aliphatic carbocycles. The highest BCUT2D eigenvalue weighted by molar-refractivity contribution is 6.34. The minimum Gasteiger partial charge on any atom is -0.466 e. The van der Waals surface area contributed by atoms with E-state index in [9.17, 15) is 14.4 Å². The van der Waals surface area contributed by atoms with Gasteiger partial charge in [0.2, 0.25) is 0 Å². The summed E-state index contributed by atoms with van der Waals surface area (Å²) < 4.78 is 4.97. The van der Waals surface area contributed by atoms with Crippen LogP contribution in [0.25, 0.3) is 0 Å². The molecule has 7 heteroatoms. The summed E-state index contributed by atoms with van der Waals surface area (Å²) in [7, 11) is 0. The zero-order valence-corrected chi connectivity index (χ0v) is 12.7. The fraction of sp³-hybridized carbons (Fsp3) is 0.786. The fourth-order valence-electron chi connectivity index (χ4n) is 2.41. The molecule has 0 radical (unpaired) electrons.